The first-order chi connectivity index (χ1) is 12.8. The van der Waals surface area contributed by atoms with E-state index in [-0.39, 0.29) is 18.1 Å². The van der Waals surface area contributed by atoms with Crippen LogP contribution in [0.5, 0.6) is 0 Å². The number of carbonyl (C=O) groups is 1. The van der Waals surface area contributed by atoms with E-state index in [2.05, 4.69) is 9.98 Å². The van der Waals surface area contributed by atoms with E-state index in [1.165, 1.54) is 23.5 Å². The molecule has 0 saturated heterocycles. The van der Waals surface area contributed by atoms with E-state index < -0.39 is 11.6 Å². The maximum absolute atomic E-state index is 13.7. The zero-order valence-electron chi connectivity index (χ0n) is 15.2. The predicted molar refractivity (Wildman–Crippen MR) is 102 cm³/mol. The lowest BCUT2D eigenvalue weighted by Gasteiger charge is -2.19. The molecule has 0 saturated carbocycles. The molecule has 27 heavy (non-hydrogen) atoms. The third-order valence-corrected chi connectivity index (χ3v) is 4.97. The number of imidazole rings is 1. The molecular weight excluding hydrogens is 365 g/mol. The number of benzene rings is 1. The molecule has 4 rings (SSSR count). The van der Waals surface area contributed by atoms with Crippen molar-refractivity contribution in [2.24, 2.45) is 4.99 Å². The number of rotatable bonds is 2. The average Bonchev–Trinajstić information content (AvgIpc) is 3.18. The van der Waals surface area contributed by atoms with Gasteiger partial charge in [-0.3, -0.25) is 9.56 Å². The molecule has 0 atom stereocenters. The number of thiophene rings is 1. The first-order valence-corrected chi connectivity index (χ1v) is 9.39. The van der Waals surface area contributed by atoms with E-state index in [4.69, 9.17) is 4.74 Å². The summed E-state index contributed by atoms with van der Waals surface area (Å²) in [5.41, 5.74) is 2.60. The fourth-order valence-corrected chi connectivity index (χ4v) is 3.88. The first kappa shape index (κ1) is 17.6. The van der Waals surface area contributed by atoms with E-state index in [0.29, 0.717) is 17.0 Å². The predicted octanol–water partition coefficient (Wildman–Crippen LogP) is 4.38. The molecule has 0 amide bonds. The van der Waals surface area contributed by atoms with Crippen LogP contribution in [0.15, 0.2) is 47.0 Å². The van der Waals surface area contributed by atoms with Crippen LogP contribution in [0, 0.1) is 5.82 Å². The summed E-state index contributed by atoms with van der Waals surface area (Å²) >= 11 is 1.52. The summed E-state index contributed by atoms with van der Waals surface area (Å²) in [5.74, 6) is -0.786. The van der Waals surface area contributed by atoms with Crippen molar-refractivity contribution in [2.45, 2.75) is 32.9 Å². The molecule has 2 aromatic heterocycles. The molecule has 0 aliphatic carbocycles. The summed E-state index contributed by atoms with van der Waals surface area (Å²) in [5, 5.41) is 2.84. The Kier molecular flexibility index (Phi) is 4.19. The monoisotopic (exact) mass is 383 g/mol. The lowest BCUT2D eigenvalue weighted by molar-refractivity contribution is 0.00621. The van der Waals surface area contributed by atoms with Crippen molar-refractivity contribution in [3.8, 4) is 5.00 Å². The van der Waals surface area contributed by atoms with Gasteiger partial charge in [-0.05, 0) is 44.4 Å². The van der Waals surface area contributed by atoms with E-state index in [0.717, 1.165) is 10.6 Å². The molecule has 0 N–H and O–H groups in total. The van der Waals surface area contributed by atoms with Crippen molar-refractivity contribution in [1.29, 1.82) is 0 Å². The Morgan fingerprint density at radius 2 is 2.11 bits per heavy atom. The standard InChI is InChI=1S/C20H18FN3O2S/c1-20(2,3)26-19(25)17-15-10-22-16(12-5-4-6-13(21)9-12)14-7-8-27-18(14)24(15)11-23-17/h4-9,11H,10H2,1-3H3. The Morgan fingerprint density at radius 1 is 1.30 bits per heavy atom. The van der Waals surface area contributed by atoms with Gasteiger partial charge in [-0.25, -0.2) is 14.2 Å². The van der Waals surface area contributed by atoms with Crippen molar-refractivity contribution in [2.75, 3.05) is 0 Å². The lowest BCUT2D eigenvalue weighted by Crippen LogP contribution is -2.24. The minimum atomic E-state index is -0.609. The van der Waals surface area contributed by atoms with Crippen LogP contribution in [-0.2, 0) is 11.3 Å². The fraction of sp³-hybridized carbons (Fsp3) is 0.250. The maximum Gasteiger partial charge on any atom is 0.359 e. The second-order valence-corrected chi connectivity index (χ2v) is 8.12. The molecule has 1 aromatic carbocycles. The van der Waals surface area contributed by atoms with E-state index in [1.54, 1.807) is 12.4 Å². The molecule has 0 radical (unpaired) electrons. The van der Waals surface area contributed by atoms with Gasteiger partial charge in [-0.2, -0.15) is 0 Å². The van der Waals surface area contributed by atoms with Crippen LogP contribution >= 0.6 is 11.3 Å². The number of fused-ring (bicyclic) bond motifs is 3. The zero-order valence-corrected chi connectivity index (χ0v) is 16.0. The van der Waals surface area contributed by atoms with Crippen LogP contribution in [-0.4, -0.2) is 26.8 Å². The molecule has 1 aliphatic rings. The minimum Gasteiger partial charge on any atom is -0.455 e. The van der Waals surface area contributed by atoms with Crippen molar-refractivity contribution < 1.29 is 13.9 Å². The maximum atomic E-state index is 13.7. The number of esters is 1. The Labute approximate surface area is 160 Å². The molecule has 7 heteroatoms. The number of hydrogen-bond acceptors (Lipinski definition) is 5. The Hall–Kier alpha value is -2.80. The van der Waals surface area contributed by atoms with Gasteiger partial charge in [0.25, 0.3) is 0 Å². The third-order valence-electron chi connectivity index (χ3n) is 4.06. The van der Waals surface area contributed by atoms with Gasteiger partial charge >= 0.3 is 5.97 Å². The van der Waals surface area contributed by atoms with Crippen molar-refractivity contribution >= 4 is 23.0 Å². The summed E-state index contributed by atoms with van der Waals surface area (Å²) in [6.07, 6.45) is 1.62. The molecule has 3 aromatic rings. The Bertz CT molecular complexity index is 1060. The zero-order chi connectivity index (χ0) is 19.2. The van der Waals surface area contributed by atoms with Crippen LogP contribution in [0.2, 0.25) is 0 Å². The van der Waals surface area contributed by atoms with Gasteiger partial charge in [0, 0.05) is 11.1 Å². The third kappa shape index (κ3) is 3.30. The number of hydrogen-bond donors (Lipinski definition) is 0. The van der Waals surface area contributed by atoms with Crippen LogP contribution in [0.4, 0.5) is 4.39 Å². The summed E-state index contributed by atoms with van der Waals surface area (Å²) < 4.78 is 21.1. The van der Waals surface area contributed by atoms with Gasteiger partial charge in [0.15, 0.2) is 5.69 Å². The molecule has 1 aliphatic heterocycles. The highest BCUT2D eigenvalue weighted by Gasteiger charge is 2.28. The molecule has 0 spiro atoms. The van der Waals surface area contributed by atoms with Gasteiger partial charge in [0.2, 0.25) is 0 Å². The second-order valence-electron chi connectivity index (χ2n) is 7.23. The smallest absolute Gasteiger partial charge is 0.359 e. The van der Waals surface area contributed by atoms with Crippen molar-refractivity contribution in [3.05, 3.63) is 70.4 Å². The second kappa shape index (κ2) is 6.42. The van der Waals surface area contributed by atoms with Crippen LogP contribution < -0.4 is 0 Å². The normalized spacial score (nSPS) is 13.4. The van der Waals surface area contributed by atoms with E-state index in [1.807, 2.05) is 42.9 Å². The van der Waals surface area contributed by atoms with Gasteiger partial charge in [0.05, 0.1) is 18.0 Å². The van der Waals surface area contributed by atoms with Gasteiger partial charge in [-0.15, -0.1) is 11.3 Å². The Balaban J connectivity index is 1.81. The van der Waals surface area contributed by atoms with E-state index >= 15 is 0 Å². The number of nitrogens with zero attached hydrogens (tertiary/aromatic N) is 3. The van der Waals surface area contributed by atoms with Gasteiger partial charge < -0.3 is 4.74 Å². The van der Waals surface area contributed by atoms with Crippen LogP contribution in [0.1, 0.15) is 48.1 Å². The first-order valence-electron chi connectivity index (χ1n) is 8.52. The molecular formula is C20H18FN3O2S. The molecule has 0 bridgehead atoms. The highest BCUT2D eigenvalue weighted by atomic mass is 32.1. The lowest BCUT2D eigenvalue weighted by atomic mass is 10.0. The van der Waals surface area contributed by atoms with Gasteiger partial charge in [0.1, 0.15) is 22.7 Å². The SMILES string of the molecule is CC(C)(C)OC(=O)c1ncn2c1CN=C(c1cccc(F)c1)c1ccsc1-2. The Morgan fingerprint density at radius 3 is 2.85 bits per heavy atom. The largest absolute Gasteiger partial charge is 0.455 e. The topological polar surface area (TPSA) is 56.5 Å². The highest BCUT2D eigenvalue weighted by Crippen LogP contribution is 2.31. The minimum absolute atomic E-state index is 0.252. The number of aliphatic imine (C=N–C) groups is 1. The number of halogens is 1. The van der Waals surface area contributed by atoms with Crippen LogP contribution in [0.25, 0.3) is 5.00 Å². The van der Waals surface area contributed by atoms with Gasteiger partial charge in [-0.1, -0.05) is 12.1 Å². The number of aromatic nitrogens is 2. The molecule has 5 nitrogen and oxygen atoms in total. The quantitative estimate of drug-likeness (QED) is 0.617. The molecule has 0 fully saturated rings. The molecule has 138 valence electrons. The summed E-state index contributed by atoms with van der Waals surface area (Å²) in [7, 11) is 0. The fourth-order valence-electron chi connectivity index (χ4n) is 2.99. The highest BCUT2D eigenvalue weighted by molar-refractivity contribution is 7.13. The molecule has 0 unspecified atom stereocenters. The summed E-state index contributed by atoms with van der Waals surface area (Å²) in [6.45, 7) is 5.70. The average molecular weight is 383 g/mol. The summed E-state index contributed by atoms with van der Waals surface area (Å²) in [4.78, 5) is 21.5. The molecule has 3 heterocycles. The van der Waals surface area contributed by atoms with Crippen molar-refractivity contribution in [1.82, 2.24) is 9.55 Å². The summed E-state index contributed by atoms with van der Waals surface area (Å²) in [6, 6.07) is 8.32. The number of ether oxygens (including phenoxy) is 1. The van der Waals surface area contributed by atoms with Crippen molar-refractivity contribution in [3.63, 3.8) is 0 Å². The van der Waals surface area contributed by atoms with Crippen LogP contribution in [0.3, 0.4) is 0 Å². The van der Waals surface area contributed by atoms with E-state index in [9.17, 15) is 9.18 Å². The number of carbonyl (C=O) groups excluding carboxylic acids is 1.